The Morgan fingerprint density at radius 3 is 3.11 bits per heavy atom. The van der Waals surface area contributed by atoms with Crippen molar-refractivity contribution in [2.24, 2.45) is 5.92 Å². The van der Waals surface area contributed by atoms with Gasteiger partial charge in [0.2, 0.25) is 5.91 Å². The average molecular weight is 261 g/mol. The first kappa shape index (κ1) is 14.0. The van der Waals surface area contributed by atoms with E-state index in [2.05, 4.69) is 22.5 Å². The van der Waals surface area contributed by atoms with E-state index in [1.54, 1.807) is 0 Å². The van der Waals surface area contributed by atoms with Crippen LogP contribution in [0.3, 0.4) is 0 Å². The zero-order valence-electron chi connectivity index (χ0n) is 11.8. The van der Waals surface area contributed by atoms with Crippen LogP contribution in [0, 0.1) is 12.8 Å². The lowest BCUT2D eigenvalue weighted by Gasteiger charge is -2.28. The van der Waals surface area contributed by atoms with Gasteiger partial charge in [-0.1, -0.05) is 19.4 Å². The van der Waals surface area contributed by atoms with Gasteiger partial charge in [-0.05, 0) is 44.4 Å². The highest BCUT2D eigenvalue weighted by Crippen LogP contribution is 2.19. The highest BCUT2D eigenvalue weighted by Gasteiger charge is 2.25. The third-order valence-corrected chi connectivity index (χ3v) is 3.80. The predicted octanol–water partition coefficient (Wildman–Crippen LogP) is 1.78. The number of pyridine rings is 1. The van der Waals surface area contributed by atoms with Crippen molar-refractivity contribution >= 4 is 5.91 Å². The maximum atomic E-state index is 12.1. The number of amides is 1. The molecule has 0 aromatic carbocycles. The molecule has 0 aliphatic carbocycles. The summed E-state index contributed by atoms with van der Waals surface area (Å²) in [7, 11) is 0. The van der Waals surface area contributed by atoms with Crippen molar-refractivity contribution in [1.29, 1.82) is 0 Å². The van der Waals surface area contributed by atoms with Crippen LogP contribution in [-0.2, 0) is 11.3 Å². The molecule has 1 saturated heterocycles. The predicted molar refractivity (Wildman–Crippen MR) is 75.6 cm³/mol. The standard InChI is InChI=1S/C15H23N3O/c1-3-12-7-8-16-14(9-12)15(19)17-10-13-6-4-5-11(2)18-13/h4-6,12,14,16H,3,7-10H2,1-2H3,(H,17,19). The van der Waals surface area contributed by atoms with Crippen molar-refractivity contribution < 1.29 is 4.79 Å². The van der Waals surface area contributed by atoms with Crippen LogP contribution >= 0.6 is 0 Å². The summed E-state index contributed by atoms with van der Waals surface area (Å²) in [5.74, 6) is 0.774. The molecule has 2 heterocycles. The number of aryl methyl sites for hydroxylation is 1. The van der Waals surface area contributed by atoms with Gasteiger partial charge in [-0.25, -0.2) is 0 Å². The van der Waals surface area contributed by atoms with Gasteiger partial charge in [0.05, 0.1) is 18.3 Å². The largest absolute Gasteiger partial charge is 0.349 e. The average Bonchev–Trinajstić information content (AvgIpc) is 2.45. The molecule has 4 heteroatoms. The summed E-state index contributed by atoms with van der Waals surface area (Å²) in [5.41, 5.74) is 1.89. The van der Waals surface area contributed by atoms with E-state index in [0.29, 0.717) is 12.5 Å². The van der Waals surface area contributed by atoms with E-state index in [1.807, 2.05) is 25.1 Å². The van der Waals surface area contributed by atoms with Crippen LogP contribution in [0.5, 0.6) is 0 Å². The van der Waals surface area contributed by atoms with Gasteiger partial charge in [0.1, 0.15) is 0 Å². The summed E-state index contributed by atoms with van der Waals surface area (Å²) in [5, 5.41) is 6.27. The van der Waals surface area contributed by atoms with Gasteiger partial charge in [0, 0.05) is 5.69 Å². The number of piperidine rings is 1. The van der Waals surface area contributed by atoms with Gasteiger partial charge in [-0.15, -0.1) is 0 Å². The minimum atomic E-state index is -0.0384. The van der Waals surface area contributed by atoms with E-state index in [0.717, 1.165) is 30.8 Å². The number of nitrogens with zero attached hydrogens (tertiary/aromatic N) is 1. The van der Waals surface area contributed by atoms with Crippen molar-refractivity contribution in [3.05, 3.63) is 29.6 Å². The molecule has 1 aromatic heterocycles. The van der Waals surface area contributed by atoms with E-state index < -0.39 is 0 Å². The number of nitrogens with one attached hydrogen (secondary N) is 2. The summed E-state index contributed by atoms with van der Waals surface area (Å²) in [6.07, 6.45) is 3.29. The molecule has 0 bridgehead atoms. The number of carbonyl (C=O) groups is 1. The quantitative estimate of drug-likeness (QED) is 0.868. The van der Waals surface area contributed by atoms with Crippen LogP contribution in [0.4, 0.5) is 0 Å². The molecule has 19 heavy (non-hydrogen) atoms. The third-order valence-electron chi connectivity index (χ3n) is 3.80. The lowest BCUT2D eigenvalue weighted by atomic mass is 9.90. The molecule has 1 aliphatic heterocycles. The second kappa shape index (κ2) is 6.66. The SMILES string of the molecule is CCC1CCNC(C(=O)NCc2cccc(C)n2)C1. The highest BCUT2D eigenvalue weighted by molar-refractivity contribution is 5.81. The Hall–Kier alpha value is -1.42. The molecule has 1 aromatic rings. The second-order valence-corrected chi connectivity index (χ2v) is 5.29. The van der Waals surface area contributed by atoms with Crippen molar-refractivity contribution in [2.45, 2.75) is 45.7 Å². The minimum absolute atomic E-state index is 0.0384. The van der Waals surface area contributed by atoms with Crippen LogP contribution in [-0.4, -0.2) is 23.5 Å². The molecule has 1 aliphatic rings. The van der Waals surface area contributed by atoms with E-state index in [4.69, 9.17) is 0 Å². The Morgan fingerprint density at radius 2 is 2.37 bits per heavy atom. The van der Waals surface area contributed by atoms with Crippen LogP contribution in [0.1, 0.15) is 37.6 Å². The Kier molecular flexibility index (Phi) is 4.91. The smallest absolute Gasteiger partial charge is 0.237 e. The Labute approximate surface area is 115 Å². The van der Waals surface area contributed by atoms with Crippen molar-refractivity contribution in [2.75, 3.05) is 6.54 Å². The molecular weight excluding hydrogens is 238 g/mol. The molecule has 2 atom stereocenters. The van der Waals surface area contributed by atoms with Gasteiger partial charge < -0.3 is 10.6 Å². The fourth-order valence-corrected chi connectivity index (χ4v) is 2.57. The third kappa shape index (κ3) is 4.03. The molecule has 104 valence electrons. The van der Waals surface area contributed by atoms with Crippen molar-refractivity contribution in [3.8, 4) is 0 Å². The molecule has 4 nitrogen and oxygen atoms in total. The Balaban J connectivity index is 1.84. The normalized spacial score (nSPS) is 23.1. The topological polar surface area (TPSA) is 54.0 Å². The maximum absolute atomic E-state index is 12.1. The van der Waals surface area contributed by atoms with Gasteiger partial charge in [-0.2, -0.15) is 0 Å². The van der Waals surface area contributed by atoms with Gasteiger partial charge in [0.15, 0.2) is 0 Å². The molecule has 0 radical (unpaired) electrons. The van der Waals surface area contributed by atoms with E-state index in [1.165, 1.54) is 6.42 Å². The fourth-order valence-electron chi connectivity index (χ4n) is 2.57. The highest BCUT2D eigenvalue weighted by atomic mass is 16.2. The summed E-state index contributed by atoms with van der Waals surface area (Å²) < 4.78 is 0. The number of hydrogen-bond donors (Lipinski definition) is 2. The van der Waals surface area contributed by atoms with Crippen LogP contribution in [0.2, 0.25) is 0 Å². The van der Waals surface area contributed by atoms with Gasteiger partial charge in [-0.3, -0.25) is 9.78 Å². The first-order valence-electron chi connectivity index (χ1n) is 7.12. The van der Waals surface area contributed by atoms with Crippen LogP contribution in [0.25, 0.3) is 0 Å². The number of aromatic nitrogens is 1. The lowest BCUT2D eigenvalue weighted by Crippen LogP contribution is -2.48. The van der Waals surface area contributed by atoms with Crippen molar-refractivity contribution in [1.82, 2.24) is 15.6 Å². The number of carbonyl (C=O) groups excluding carboxylic acids is 1. The fraction of sp³-hybridized carbons (Fsp3) is 0.600. The number of hydrogen-bond acceptors (Lipinski definition) is 3. The first-order valence-corrected chi connectivity index (χ1v) is 7.12. The summed E-state index contributed by atoms with van der Waals surface area (Å²) in [6.45, 7) is 5.61. The van der Waals surface area contributed by atoms with E-state index >= 15 is 0 Å². The summed E-state index contributed by atoms with van der Waals surface area (Å²) in [4.78, 5) is 16.5. The molecule has 0 saturated carbocycles. The van der Waals surface area contributed by atoms with Gasteiger partial charge in [0.25, 0.3) is 0 Å². The Morgan fingerprint density at radius 1 is 1.53 bits per heavy atom. The molecule has 1 fully saturated rings. The van der Waals surface area contributed by atoms with Crippen LogP contribution < -0.4 is 10.6 Å². The summed E-state index contributed by atoms with van der Waals surface area (Å²) >= 11 is 0. The summed E-state index contributed by atoms with van der Waals surface area (Å²) in [6, 6.07) is 5.83. The Bertz CT molecular complexity index is 433. The van der Waals surface area contributed by atoms with E-state index in [9.17, 15) is 4.79 Å². The monoisotopic (exact) mass is 261 g/mol. The van der Waals surface area contributed by atoms with E-state index in [-0.39, 0.29) is 11.9 Å². The zero-order valence-corrected chi connectivity index (χ0v) is 11.8. The van der Waals surface area contributed by atoms with Gasteiger partial charge >= 0.3 is 0 Å². The van der Waals surface area contributed by atoms with Crippen molar-refractivity contribution in [3.63, 3.8) is 0 Å². The number of rotatable bonds is 4. The van der Waals surface area contributed by atoms with Crippen LogP contribution in [0.15, 0.2) is 18.2 Å². The molecule has 2 rings (SSSR count). The molecule has 2 N–H and O–H groups in total. The maximum Gasteiger partial charge on any atom is 0.237 e. The molecule has 0 spiro atoms. The molecule has 2 unspecified atom stereocenters. The molecule has 1 amide bonds. The molecular formula is C15H23N3O. The second-order valence-electron chi connectivity index (χ2n) is 5.29. The first-order chi connectivity index (χ1) is 9.19. The zero-order chi connectivity index (χ0) is 13.7. The lowest BCUT2D eigenvalue weighted by molar-refractivity contribution is -0.124. The minimum Gasteiger partial charge on any atom is -0.349 e.